The average Bonchev–Trinajstić information content (AvgIpc) is 3.40. The molecule has 1 aliphatic rings. The number of aromatic hydroxyl groups is 1. The van der Waals surface area contributed by atoms with Crippen molar-refractivity contribution in [1.29, 1.82) is 0 Å². The van der Waals surface area contributed by atoms with Gasteiger partial charge in [-0.1, -0.05) is 54.6 Å². The second-order valence-corrected chi connectivity index (χ2v) is 10.2. The maximum absolute atomic E-state index is 14.4. The molecule has 0 spiro atoms. The third kappa shape index (κ3) is 6.58. The number of halogens is 2. The molecule has 0 radical (unpaired) electrons. The zero-order valence-corrected chi connectivity index (χ0v) is 22.6. The van der Waals surface area contributed by atoms with Crippen molar-refractivity contribution in [2.45, 2.75) is 31.0 Å². The van der Waals surface area contributed by atoms with Crippen LogP contribution in [0.25, 0.3) is 0 Å². The van der Waals surface area contributed by atoms with Crippen LogP contribution >= 0.6 is 0 Å². The number of aliphatic hydroxyl groups is 1. The molecular weight excluding hydrogens is 542 g/mol. The summed E-state index contributed by atoms with van der Waals surface area (Å²) in [5.74, 6) is -2.28. The second kappa shape index (κ2) is 12.8. The summed E-state index contributed by atoms with van der Waals surface area (Å²) >= 11 is 0. The Bertz CT molecular complexity index is 1500. The zero-order valence-electron chi connectivity index (χ0n) is 22.6. The number of hydrogen-bond donors (Lipinski definition) is 3. The Labute approximate surface area is 242 Å². The first-order chi connectivity index (χ1) is 20.3. The van der Waals surface area contributed by atoms with Gasteiger partial charge < -0.3 is 20.3 Å². The molecule has 42 heavy (non-hydrogen) atoms. The molecule has 4 unspecified atom stereocenters. The number of carbonyl (C=O) groups excluding carboxylic acids is 2. The maximum atomic E-state index is 14.4. The van der Waals surface area contributed by atoms with Gasteiger partial charge in [0.15, 0.2) is 0 Å². The Hall–Kier alpha value is -4.76. The summed E-state index contributed by atoms with van der Waals surface area (Å²) in [7, 11) is 0. The summed E-state index contributed by atoms with van der Waals surface area (Å²) in [4.78, 5) is 28.5. The van der Waals surface area contributed by atoms with Crippen LogP contribution in [0.15, 0.2) is 103 Å². The molecule has 1 fully saturated rings. The maximum Gasteiger partial charge on any atom is 0.417 e. The minimum atomic E-state index is -1.01. The minimum absolute atomic E-state index is 0.00518. The van der Waals surface area contributed by atoms with Crippen molar-refractivity contribution in [3.05, 3.63) is 131 Å². The summed E-state index contributed by atoms with van der Waals surface area (Å²) in [5.41, 5.74) is 2.36. The van der Waals surface area contributed by atoms with Gasteiger partial charge in [-0.25, -0.2) is 18.5 Å². The fourth-order valence-electron chi connectivity index (χ4n) is 5.21. The summed E-state index contributed by atoms with van der Waals surface area (Å²) < 4.78 is 32.5. The van der Waals surface area contributed by atoms with Gasteiger partial charge in [0, 0.05) is 5.69 Å². The number of imide groups is 1. The van der Waals surface area contributed by atoms with Gasteiger partial charge in [-0.05, 0) is 78.1 Å². The van der Waals surface area contributed by atoms with Gasteiger partial charge in [-0.2, -0.15) is 0 Å². The van der Waals surface area contributed by atoms with Crippen molar-refractivity contribution in [3.8, 4) is 5.75 Å². The van der Waals surface area contributed by atoms with E-state index in [4.69, 9.17) is 4.74 Å². The number of cyclic esters (lactones) is 1. The molecule has 0 aliphatic carbocycles. The number of rotatable bonds is 10. The van der Waals surface area contributed by atoms with Gasteiger partial charge in [0.25, 0.3) is 0 Å². The molecule has 3 N–H and O–H groups in total. The first-order valence-corrected chi connectivity index (χ1v) is 13.6. The standard InChI is InChI=1S/C33H30F2N2O5/c34-24-10-6-22(7-11-24)30(39)19-18-28(32(40)37-29(20-42-33(37)41)21-4-2-1-3-5-21)31(23-8-16-27(38)17-9-23)36-26-14-12-25(35)13-15-26/h1-17,28-31,36,38-39H,18-20H2. The topological polar surface area (TPSA) is 99.1 Å². The van der Waals surface area contributed by atoms with Crippen LogP contribution in [0.2, 0.25) is 0 Å². The Morgan fingerprint density at radius 2 is 1.45 bits per heavy atom. The number of anilines is 1. The highest BCUT2D eigenvalue weighted by molar-refractivity contribution is 5.95. The van der Waals surface area contributed by atoms with Crippen molar-refractivity contribution in [1.82, 2.24) is 4.90 Å². The Kier molecular flexibility index (Phi) is 8.78. The highest BCUT2D eigenvalue weighted by atomic mass is 19.1. The number of carbonyl (C=O) groups is 2. The lowest BCUT2D eigenvalue weighted by Gasteiger charge is -2.32. The van der Waals surface area contributed by atoms with Crippen LogP contribution in [-0.4, -0.2) is 33.7 Å². The number of phenols is 1. The van der Waals surface area contributed by atoms with Crippen molar-refractivity contribution in [2.24, 2.45) is 5.92 Å². The van der Waals surface area contributed by atoms with E-state index in [-0.39, 0.29) is 25.2 Å². The second-order valence-electron chi connectivity index (χ2n) is 10.2. The lowest BCUT2D eigenvalue weighted by Crippen LogP contribution is -2.42. The van der Waals surface area contributed by atoms with Crippen LogP contribution in [-0.2, 0) is 9.53 Å². The van der Waals surface area contributed by atoms with Crippen LogP contribution < -0.4 is 5.32 Å². The van der Waals surface area contributed by atoms with E-state index in [0.717, 1.165) is 10.5 Å². The lowest BCUT2D eigenvalue weighted by atomic mass is 9.85. The number of phenolic OH excluding ortho intramolecular Hbond substituents is 1. The van der Waals surface area contributed by atoms with Crippen molar-refractivity contribution < 1.29 is 33.3 Å². The molecule has 1 saturated heterocycles. The molecule has 5 rings (SSSR count). The normalized spacial score (nSPS) is 16.9. The molecule has 7 nitrogen and oxygen atoms in total. The monoisotopic (exact) mass is 572 g/mol. The fourth-order valence-corrected chi connectivity index (χ4v) is 5.21. The smallest absolute Gasteiger partial charge is 0.417 e. The third-order valence-electron chi connectivity index (χ3n) is 7.44. The summed E-state index contributed by atoms with van der Waals surface area (Å²) in [5, 5.41) is 24.2. The van der Waals surface area contributed by atoms with Crippen LogP contribution in [0.1, 0.15) is 47.7 Å². The van der Waals surface area contributed by atoms with E-state index in [1.54, 1.807) is 12.1 Å². The molecule has 4 atom stereocenters. The Morgan fingerprint density at radius 1 is 0.857 bits per heavy atom. The van der Waals surface area contributed by atoms with Crippen molar-refractivity contribution in [3.63, 3.8) is 0 Å². The number of ether oxygens (including phenoxy) is 1. The third-order valence-corrected chi connectivity index (χ3v) is 7.44. The van der Waals surface area contributed by atoms with Gasteiger partial charge in [0.2, 0.25) is 5.91 Å². The highest BCUT2D eigenvalue weighted by Gasteiger charge is 2.44. The summed E-state index contributed by atoms with van der Waals surface area (Å²) in [6, 6.07) is 25.1. The van der Waals surface area contributed by atoms with Gasteiger partial charge in [-0.15, -0.1) is 0 Å². The molecule has 2 amide bonds. The van der Waals surface area contributed by atoms with Crippen molar-refractivity contribution >= 4 is 17.7 Å². The quantitative estimate of drug-likeness (QED) is 0.196. The van der Waals surface area contributed by atoms with E-state index in [0.29, 0.717) is 16.8 Å². The van der Waals surface area contributed by atoms with E-state index in [9.17, 15) is 28.6 Å². The molecule has 0 saturated carbocycles. The summed E-state index contributed by atoms with van der Waals surface area (Å²) in [6.07, 6.45) is -1.56. The Morgan fingerprint density at radius 3 is 2.10 bits per heavy atom. The average molecular weight is 573 g/mol. The lowest BCUT2D eigenvalue weighted by molar-refractivity contribution is -0.134. The first kappa shape index (κ1) is 28.8. The van der Waals surface area contributed by atoms with E-state index in [2.05, 4.69) is 5.32 Å². The minimum Gasteiger partial charge on any atom is -0.508 e. The number of nitrogens with one attached hydrogen (secondary N) is 1. The molecular formula is C33H30F2N2O5. The van der Waals surface area contributed by atoms with Crippen LogP contribution in [0.3, 0.4) is 0 Å². The number of aliphatic hydroxyl groups excluding tert-OH is 1. The fraction of sp³-hybridized carbons (Fsp3) is 0.212. The summed E-state index contributed by atoms with van der Waals surface area (Å²) in [6.45, 7) is -0.00518. The van der Waals surface area contributed by atoms with Crippen molar-refractivity contribution in [2.75, 3.05) is 11.9 Å². The molecule has 0 aromatic heterocycles. The molecule has 216 valence electrons. The predicted octanol–water partition coefficient (Wildman–Crippen LogP) is 6.67. The first-order valence-electron chi connectivity index (χ1n) is 13.6. The van der Waals surface area contributed by atoms with Gasteiger partial charge in [0.05, 0.1) is 18.1 Å². The molecule has 0 bridgehead atoms. The molecule has 4 aromatic carbocycles. The van der Waals surface area contributed by atoms with E-state index >= 15 is 0 Å². The van der Waals surface area contributed by atoms with Gasteiger partial charge in [-0.3, -0.25) is 4.79 Å². The molecule has 9 heteroatoms. The predicted molar refractivity (Wildman–Crippen MR) is 152 cm³/mol. The number of amides is 2. The zero-order chi connectivity index (χ0) is 29.6. The molecule has 1 heterocycles. The van der Waals surface area contributed by atoms with E-state index in [1.807, 2.05) is 30.3 Å². The molecule has 1 aliphatic heterocycles. The van der Waals surface area contributed by atoms with Gasteiger partial charge >= 0.3 is 6.09 Å². The van der Waals surface area contributed by atoms with E-state index in [1.165, 1.54) is 60.7 Å². The highest BCUT2D eigenvalue weighted by Crippen LogP contribution is 2.38. The van der Waals surface area contributed by atoms with Crippen LogP contribution in [0, 0.1) is 17.6 Å². The number of benzene rings is 4. The number of hydrogen-bond acceptors (Lipinski definition) is 6. The molecule has 4 aromatic rings. The Balaban J connectivity index is 1.53. The van der Waals surface area contributed by atoms with Gasteiger partial charge in [0.1, 0.15) is 30.0 Å². The SMILES string of the molecule is O=C1OCC(c2ccccc2)N1C(=O)C(CCC(O)c1ccc(F)cc1)C(Nc1ccc(F)cc1)c1ccc(O)cc1. The van der Waals surface area contributed by atoms with Crippen LogP contribution in [0.5, 0.6) is 5.75 Å². The number of nitrogens with zero attached hydrogens (tertiary/aromatic N) is 1. The largest absolute Gasteiger partial charge is 0.508 e. The van der Waals surface area contributed by atoms with E-state index < -0.39 is 47.7 Å². The van der Waals surface area contributed by atoms with Crippen LogP contribution in [0.4, 0.5) is 19.3 Å².